The van der Waals surface area contributed by atoms with Crippen LogP contribution in [0.15, 0.2) is 0 Å². The van der Waals surface area contributed by atoms with Gasteiger partial charge in [-0.3, -0.25) is 14.4 Å². The number of nitrogens with two attached hydrogens (primary N) is 1. The van der Waals surface area contributed by atoms with Gasteiger partial charge in [0.05, 0.1) is 31.1 Å². The van der Waals surface area contributed by atoms with Crippen molar-refractivity contribution in [1.29, 1.82) is 0 Å². The molecule has 0 aromatic carbocycles. The molecule has 0 heterocycles. The third-order valence-electron chi connectivity index (χ3n) is 9.80. The summed E-state index contributed by atoms with van der Waals surface area (Å²) in [6.07, 6.45) is 8.87. The van der Waals surface area contributed by atoms with Crippen LogP contribution in [-0.2, 0) is 23.9 Å². The second-order valence-corrected chi connectivity index (χ2v) is 12.6. The van der Waals surface area contributed by atoms with E-state index >= 15 is 0 Å². The zero-order chi connectivity index (χ0) is 30.8. The number of ether oxygens (including phenoxy) is 2. The third kappa shape index (κ3) is 9.80. The highest BCUT2D eigenvalue weighted by molar-refractivity contribution is 5.88. The van der Waals surface area contributed by atoms with Gasteiger partial charge >= 0.3 is 12.0 Å². The number of hydrogen-bond donors (Lipinski definition) is 5. The van der Waals surface area contributed by atoms with Crippen LogP contribution in [0.5, 0.6) is 0 Å². The van der Waals surface area contributed by atoms with Gasteiger partial charge in [-0.25, -0.2) is 4.79 Å². The molecule has 3 fully saturated rings. The van der Waals surface area contributed by atoms with Crippen molar-refractivity contribution in [2.75, 3.05) is 21.3 Å². The van der Waals surface area contributed by atoms with Gasteiger partial charge < -0.3 is 41.2 Å². The Morgan fingerprint density at radius 3 is 2.19 bits per heavy atom. The predicted octanol–water partition coefficient (Wildman–Crippen LogP) is 2.14. The standard InChI is InChI=1S/C30H53N5O7/c1-18-7-5-6-8-23(18)34-30(40)32-20-10-12-21(13-11-20)35(2)27(36)16-22(31)29(39)33-24(17-28(37)38)19-9-14-25(41-3)26(15-19)42-4/h18-26H,5-17,31H2,1-4H3,(H,33,39)(H,37,38)(H2,32,34,40). The van der Waals surface area contributed by atoms with Crippen molar-refractivity contribution in [3.63, 3.8) is 0 Å². The van der Waals surface area contributed by atoms with Crippen molar-refractivity contribution in [2.45, 2.75) is 133 Å². The van der Waals surface area contributed by atoms with Gasteiger partial charge in [-0.15, -0.1) is 0 Å². The average Bonchev–Trinajstić information content (AvgIpc) is 2.97. The summed E-state index contributed by atoms with van der Waals surface area (Å²) in [5.74, 6) is -1.39. The first-order valence-corrected chi connectivity index (χ1v) is 15.7. The number of methoxy groups -OCH3 is 2. The molecule has 12 nitrogen and oxygen atoms in total. The Morgan fingerprint density at radius 1 is 0.905 bits per heavy atom. The fraction of sp³-hybridized carbons (Fsp3) is 0.867. The van der Waals surface area contributed by atoms with E-state index in [-0.39, 0.29) is 61.0 Å². The van der Waals surface area contributed by atoms with Crippen LogP contribution in [0, 0.1) is 11.8 Å². The molecule has 4 amide bonds. The van der Waals surface area contributed by atoms with Crippen molar-refractivity contribution in [3.05, 3.63) is 0 Å². The molecule has 7 atom stereocenters. The van der Waals surface area contributed by atoms with E-state index in [1.54, 1.807) is 26.2 Å². The Bertz CT molecular complexity index is 912. The highest BCUT2D eigenvalue weighted by Gasteiger charge is 2.37. The Labute approximate surface area is 250 Å². The van der Waals surface area contributed by atoms with Crippen LogP contribution in [-0.4, -0.2) is 97.5 Å². The largest absolute Gasteiger partial charge is 0.481 e. The Kier molecular flexibility index (Phi) is 13.3. The number of aliphatic carboxylic acids is 1. The van der Waals surface area contributed by atoms with Gasteiger partial charge in [0.1, 0.15) is 0 Å². The van der Waals surface area contributed by atoms with Gasteiger partial charge in [0.2, 0.25) is 11.8 Å². The topological polar surface area (TPSA) is 172 Å². The number of hydrogen-bond acceptors (Lipinski definition) is 7. The number of nitrogens with zero attached hydrogens (tertiary/aromatic N) is 1. The molecular formula is C30H53N5O7. The SMILES string of the molecule is COC1CCC(C(CC(=O)O)NC(=O)C(N)CC(=O)N(C)C2CCC(NC(=O)NC3CCCCC3C)CC2)CC1OC. The smallest absolute Gasteiger partial charge is 0.315 e. The Balaban J connectivity index is 1.44. The maximum Gasteiger partial charge on any atom is 0.315 e. The Hall–Kier alpha value is -2.44. The van der Waals surface area contributed by atoms with E-state index in [1.807, 2.05) is 0 Å². The molecule has 12 heteroatoms. The third-order valence-corrected chi connectivity index (χ3v) is 9.80. The van der Waals surface area contributed by atoms with Crippen molar-refractivity contribution < 1.29 is 33.8 Å². The molecule has 3 aliphatic carbocycles. The summed E-state index contributed by atoms with van der Waals surface area (Å²) < 4.78 is 11.0. The molecule has 3 rings (SSSR count). The summed E-state index contributed by atoms with van der Waals surface area (Å²) in [5.41, 5.74) is 6.15. The average molecular weight is 596 g/mol. The number of carboxylic acid groups (broad SMARTS) is 1. The minimum absolute atomic E-state index is 0.00828. The number of rotatable bonds is 12. The van der Waals surface area contributed by atoms with E-state index in [2.05, 4.69) is 22.9 Å². The predicted molar refractivity (Wildman–Crippen MR) is 158 cm³/mol. The van der Waals surface area contributed by atoms with Crippen LogP contribution in [0.3, 0.4) is 0 Å². The minimum atomic E-state index is -1.09. The number of nitrogens with one attached hydrogen (secondary N) is 3. The minimum Gasteiger partial charge on any atom is -0.481 e. The fourth-order valence-corrected chi connectivity index (χ4v) is 6.99. The van der Waals surface area contributed by atoms with Crippen LogP contribution >= 0.6 is 0 Å². The van der Waals surface area contributed by atoms with Crippen LogP contribution < -0.4 is 21.7 Å². The van der Waals surface area contributed by atoms with E-state index in [0.717, 1.165) is 44.9 Å². The Morgan fingerprint density at radius 2 is 1.57 bits per heavy atom. The van der Waals surface area contributed by atoms with Gasteiger partial charge in [0.15, 0.2) is 0 Å². The lowest BCUT2D eigenvalue weighted by Crippen LogP contribution is -2.53. The van der Waals surface area contributed by atoms with Gasteiger partial charge in [-0.05, 0) is 69.6 Å². The zero-order valence-corrected chi connectivity index (χ0v) is 25.8. The molecular weight excluding hydrogens is 542 g/mol. The van der Waals surface area contributed by atoms with Crippen LogP contribution in [0.25, 0.3) is 0 Å². The van der Waals surface area contributed by atoms with Crippen molar-refractivity contribution in [3.8, 4) is 0 Å². The summed E-state index contributed by atoms with van der Waals surface area (Å²) >= 11 is 0. The normalized spacial score (nSPS) is 31.3. The number of carbonyl (C=O) groups is 4. The lowest BCUT2D eigenvalue weighted by Gasteiger charge is -2.38. The maximum atomic E-state index is 13.0. The fourth-order valence-electron chi connectivity index (χ4n) is 6.99. The molecule has 0 radical (unpaired) electrons. The number of carbonyl (C=O) groups excluding carboxylic acids is 3. The van der Waals surface area contributed by atoms with Crippen LogP contribution in [0.4, 0.5) is 4.79 Å². The second kappa shape index (κ2) is 16.4. The molecule has 7 unspecified atom stereocenters. The van der Waals surface area contributed by atoms with Crippen molar-refractivity contribution in [1.82, 2.24) is 20.9 Å². The highest BCUT2D eigenvalue weighted by atomic mass is 16.5. The van der Waals surface area contributed by atoms with Gasteiger partial charge in [0, 0.05) is 45.4 Å². The van der Waals surface area contributed by atoms with E-state index in [1.165, 1.54) is 6.42 Å². The summed E-state index contributed by atoms with van der Waals surface area (Å²) in [6.45, 7) is 2.19. The molecule has 240 valence electrons. The molecule has 0 aromatic heterocycles. The first-order chi connectivity index (χ1) is 20.0. The van der Waals surface area contributed by atoms with Gasteiger partial charge in [0.25, 0.3) is 0 Å². The van der Waals surface area contributed by atoms with Gasteiger partial charge in [-0.2, -0.15) is 0 Å². The molecule has 0 spiro atoms. The summed E-state index contributed by atoms with van der Waals surface area (Å²) in [6, 6.07) is -1.51. The highest BCUT2D eigenvalue weighted by Crippen LogP contribution is 2.32. The molecule has 0 saturated heterocycles. The van der Waals surface area contributed by atoms with Crippen molar-refractivity contribution >= 4 is 23.8 Å². The van der Waals surface area contributed by atoms with Crippen LogP contribution in [0.2, 0.25) is 0 Å². The van der Waals surface area contributed by atoms with Crippen molar-refractivity contribution in [2.24, 2.45) is 17.6 Å². The number of amides is 4. The van der Waals surface area contributed by atoms with E-state index in [9.17, 15) is 24.3 Å². The number of urea groups is 1. The summed E-state index contributed by atoms with van der Waals surface area (Å²) in [5, 5.41) is 18.5. The molecule has 0 aromatic rings. The molecule has 0 aliphatic heterocycles. The first-order valence-electron chi connectivity index (χ1n) is 15.7. The number of carboxylic acids is 1. The van der Waals surface area contributed by atoms with E-state index in [0.29, 0.717) is 25.2 Å². The lowest BCUT2D eigenvalue weighted by atomic mass is 9.79. The summed E-state index contributed by atoms with van der Waals surface area (Å²) in [7, 11) is 4.95. The monoisotopic (exact) mass is 595 g/mol. The van der Waals surface area contributed by atoms with Crippen LogP contribution in [0.1, 0.15) is 90.4 Å². The summed E-state index contributed by atoms with van der Waals surface area (Å²) in [4.78, 5) is 51.8. The first kappa shape index (κ1) is 34.1. The van der Waals surface area contributed by atoms with Gasteiger partial charge in [-0.1, -0.05) is 19.8 Å². The molecule has 3 saturated carbocycles. The van der Waals surface area contributed by atoms with E-state index in [4.69, 9.17) is 15.2 Å². The zero-order valence-electron chi connectivity index (χ0n) is 25.8. The quantitative estimate of drug-likeness (QED) is 0.228. The van der Waals surface area contributed by atoms with E-state index < -0.39 is 24.0 Å². The second-order valence-electron chi connectivity index (χ2n) is 12.6. The molecule has 42 heavy (non-hydrogen) atoms. The molecule has 0 bridgehead atoms. The maximum absolute atomic E-state index is 13.0. The molecule has 6 N–H and O–H groups in total. The molecule has 3 aliphatic rings. The lowest BCUT2D eigenvalue weighted by molar-refractivity contribution is -0.140.